The Bertz CT molecular complexity index is 3020. The molecule has 1 saturated heterocycles. The quantitative estimate of drug-likeness (QED) is 0.0675. The molecule has 1 amide bonds. The van der Waals surface area contributed by atoms with Crippen LogP contribution in [0.25, 0.3) is 0 Å². The Balaban J connectivity index is 1.29. The fourth-order valence-corrected chi connectivity index (χ4v) is 8.83. The number of hydrogen-bond donors (Lipinski definition) is 2. The third-order valence-corrected chi connectivity index (χ3v) is 12.4. The fourth-order valence-electron chi connectivity index (χ4n) is 8.83. The van der Waals surface area contributed by atoms with Gasteiger partial charge in [-0.1, -0.05) is 121 Å². The minimum atomic E-state index is -5.13. The molecule has 8 rings (SSSR count). The summed E-state index contributed by atoms with van der Waals surface area (Å²) in [4.78, 5) is 40.7. The summed E-state index contributed by atoms with van der Waals surface area (Å²) in [6, 6.07) is 49.4. The van der Waals surface area contributed by atoms with Crippen molar-refractivity contribution in [1.29, 1.82) is 0 Å². The number of hydrogen-bond acceptors (Lipinski definition) is 10. The molecule has 0 radical (unpaired) electrons. The summed E-state index contributed by atoms with van der Waals surface area (Å²) < 4.78 is 84.1. The number of aromatic amines is 1. The molecule has 6 aromatic carbocycles. The highest BCUT2D eigenvalue weighted by atomic mass is 19.4. The average molecular weight is 982 g/mol. The normalized spacial score (nSPS) is 15.7. The second-order valence-electron chi connectivity index (χ2n) is 16.5. The molecule has 3 atom stereocenters. The highest BCUT2D eigenvalue weighted by Gasteiger charge is 2.48. The van der Waals surface area contributed by atoms with Crippen molar-refractivity contribution >= 4 is 5.91 Å². The lowest BCUT2D eigenvalue weighted by Gasteiger charge is -2.40. The van der Waals surface area contributed by atoms with Crippen LogP contribution in [0.1, 0.15) is 51.6 Å². The van der Waals surface area contributed by atoms with Gasteiger partial charge in [-0.05, 0) is 81.9 Å². The minimum Gasteiger partial charge on any atom is -0.497 e. The van der Waals surface area contributed by atoms with Gasteiger partial charge in [0.2, 0.25) is 0 Å². The van der Waals surface area contributed by atoms with Gasteiger partial charge in [0.05, 0.1) is 47.7 Å². The molecular formula is C56H50F3N3O10. The summed E-state index contributed by atoms with van der Waals surface area (Å²) in [6.45, 7) is -0.885. The van der Waals surface area contributed by atoms with Crippen LogP contribution in [0, 0.1) is 11.8 Å². The van der Waals surface area contributed by atoms with E-state index in [0.29, 0.717) is 34.1 Å². The molecule has 2 N–H and O–H groups in total. The number of rotatable bonds is 17. The maximum Gasteiger partial charge on any atom is 0.471 e. The Morgan fingerprint density at radius 3 is 1.49 bits per heavy atom. The van der Waals surface area contributed by atoms with Crippen LogP contribution in [0.4, 0.5) is 13.2 Å². The number of benzene rings is 6. The zero-order valence-corrected chi connectivity index (χ0v) is 39.6. The van der Waals surface area contributed by atoms with Gasteiger partial charge in [0.1, 0.15) is 52.1 Å². The van der Waals surface area contributed by atoms with Crippen LogP contribution in [-0.2, 0) is 30.2 Å². The molecule has 0 bridgehead atoms. The zero-order valence-electron chi connectivity index (χ0n) is 39.6. The predicted octanol–water partition coefficient (Wildman–Crippen LogP) is 8.27. The van der Waals surface area contributed by atoms with Crippen molar-refractivity contribution in [1.82, 2.24) is 14.9 Å². The topological polar surface area (TPSA) is 149 Å². The molecule has 370 valence electrons. The number of H-pyrrole nitrogens is 1. The van der Waals surface area contributed by atoms with E-state index in [1.54, 1.807) is 33.8 Å². The second kappa shape index (κ2) is 21.9. The maximum absolute atomic E-state index is 13.9. The first-order chi connectivity index (χ1) is 34.8. The van der Waals surface area contributed by atoms with E-state index in [1.165, 1.54) is 6.20 Å². The van der Waals surface area contributed by atoms with Crippen LogP contribution in [0.5, 0.6) is 23.0 Å². The summed E-state index contributed by atoms with van der Waals surface area (Å²) in [5, 5.41) is 1.65. The van der Waals surface area contributed by atoms with E-state index in [4.69, 9.17) is 33.2 Å². The van der Waals surface area contributed by atoms with E-state index in [2.05, 4.69) is 16.8 Å². The van der Waals surface area contributed by atoms with Crippen LogP contribution in [-0.4, -0.2) is 75.4 Å². The molecule has 0 unspecified atom stereocenters. The Morgan fingerprint density at radius 2 is 1.06 bits per heavy atom. The zero-order chi connectivity index (χ0) is 50.9. The van der Waals surface area contributed by atoms with Gasteiger partial charge in [-0.2, -0.15) is 13.2 Å². The van der Waals surface area contributed by atoms with Crippen molar-refractivity contribution in [3.8, 4) is 34.8 Å². The number of alkyl halides is 3. The SMILES string of the molecule is COc1ccc(C(OC[C@H]2O[C@@H](n3cc(C#CCNC(=O)C(F)(F)F)c(=O)[nH]c3=O)C[C@@H]2OC(c2ccccc2)(c2ccc(OC)cc2)c2ccc(OC)cc2)(c2ccccc2)c2ccc(OC)cc2)cc1. The molecule has 72 heavy (non-hydrogen) atoms. The van der Waals surface area contributed by atoms with Crippen LogP contribution in [0.2, 0.25) is 0 Å². The molecular weight excluding hydrogens is 932 g/mol. The first-order valence-corrected chi connectivity index (χ1v) is 22.7. The van der Waals surface area contributed by atoms with Crippen LogP contribution >= 0.6 is 0 Å². The van der Waals surface area contributed by atoms with E-state index in [-0.39, 0.29) is 18.6 Å². The van der Waals surface area contributed by atoms with E-state index in [1.807, 2.05) is 158 Å². The van der Waals surface area contributed by atoms with E-state index in [9.17, 15) is 27.6 Å². The van der Waals surface area contributed by atoms with Gasteiger partial charge < -0.3 is 38.5 Å². The third kappa shape index (κ3) is 10.5. The first-order valence-electron chi connectivity index (χ1n) is 22.7. The third-order valence-electron chi connectivity index (χ3n) is 12.4. The van der Waals surface area contributed by atoms with Gasteiger partial charge in [-0.3, -0.25) is 19.1 Å². The van der Waals surface area contributed by atoms with Crippen molar-refractivity contribution < 1.29 is 51.1 Å². The van der Waals surface area contributed by atoms with Crippen LogP contribution in [0.15, 0.2) is 174 Å². The maximum atomic E-state index is 13.9. The number of carbonyl (C=O) groups is 1. The molecule has 0 saturated carbocycles. The Morgan fingerprint density at radius 1 is 0.639 bits per heavy atom. The highest BCUT2D eigenvalue weighted by molar-refractivity contribution is 5.81. The lowest BCUT2D eigenvalue weighted by atomic mass is 9.79. The summed E-state index contributed by atoms with van der Waals surface area (Å²) in [7, 11) is 6.33. The lowest BCUT2D eigenvalue weighted by Crippen LogP contribution is -2.43. The number of nitrogens with zero attached hydrogens (tertiary/aromatic N) is 1. The Labute approximate surface area is 413 Å². The van der Waals surface area contributed by atoms with Gasteiger partial charge in [0.15, 0.2) is 0 Å². The summed E-state index contributed by atoms with van der Waals surface area (Å²) >= 11 is 0. The standard InChI is InChI=1S/C56H50F3N3O10/c1-66-44-25-17-40(18-26-44)54(38-13-7-5-8-14-38,41-19-27-45(67-2)28-20-41)70-36-49-48(34-50(71-49)62-35-37(51(63)61-53(62)65)12-11-33-60-52(64)56(57,58)59)72-55(39-15-9-6-10-16-39,42-21-29-46(68-3)30-22-42)43-23-31-47(69-4)32-24-43/h5-10,13-32,35,48-50H,33-34,36H2,1-4H3,(H,60,64)(H,61,63,65)/t48-,49+,50+/m0/s1. The number of amides is 1. The Kier molecular flexibility index (Phi) is 15.3. The molecule has 1 aliphatic rings. The highest BCUT2D eigenvalue weighted by Crippen LogP contribution is 2.47. The van der Waals surface area contributed by atoms with Crippen molar-refractivity contribution in [2.45, 2.75) is 42.2 Å². The minimum absolute atomic E-state index is 0.00120. The molecule has 13 nitrogen and oxygen atoms in total. The average Bonchev–Trinajstić information content (AvgIpc) is 3.82. The Hall–Kier alpha value is -8.10. The summed E-state index contributed by atoms with van der Waals surface area (Å²) in [6.07, 6.45) is -6.98. The van der Waals surface area contributed by atoms with E-state index in [0.717, 1.165) is 26.8 Å². The van der Waals surface area contributed by atoms with Gasteiger partial charge >= 0.3 is 17.8 Å². The molecule has 7 aromatic rings. The fraction of sp³-hybridized carbons (Fsp3) is 0.232. The van der Waals surface area contributed by atoms with Crippen molar-refractivity contribution in [2.24, 2.45) is 0 Å². The van der Waals surface area contributed by atoms with Gasteiger partial charge in [0.25, 0.3) is 5.56 Å². The number of carbonyl (C=O) groups excluding carboxylic acids is 1. The number of nitrogens with one attached hydrogen (secondary N) is 2. The van der Waals surface area contributed by atoms with Crippen LogP contribution < -0.4 is 35.5 Å². The van der Waals surface area contributed by atoms with Crippen molar-refractivity contribution in [2.75, 3.05) is 41.6 Å². The number of ether oxygens (including phenoxy) is 7. The molecule has 2 heterocycles. The summed E-state index contributed by atoms with van der Waals surface area (Å²) in [5.74, 6) is 5.13. The molecule has 1 aliphatic heterocycles. The number of halogens is 3. The smallest absolute Gasteiger partial charge is 0.471 e. The summed E-state index contributed by atoms with van der Waals surface area (Å²) in [5.41, 5.74) is -0.270. The lowest BCUT2D eigenvalue weighted by molar-refractivity contribution is -0.173. The largest absolute Gasteiger partial charge is 0.497 e. The van der Waals surface area contributed by atoms with E-state index < -0.39 is 59.5 Å². The van der Waals surface area contributed by atoms with Gasteiger partial charge in [-0.25, -0.2) is 4.79 Å². The number of methoxy groups -OCH3 is 4. The molecule has 16 heteroatoms. The predicted molar refractivity (Wildman–Crippen MR) is 261 cm³/mol. The number of aromatic nitrogens is 2. The molecule has 1 fully saturated rings. The van der Waals surface area contributed by atoms with Crippen LogP contribution in [0.3, 0.4) is 0 Å². The monoisotopic (exact) mass is 981 g/mol. The molecule has 1 aromatic heterocycles. The first kappa shape index (κ1) is 50.3. The molecule has 0 aliphatic carbocycles. The van der Waals surface area contributed by atoms with Crippen molar-refractivity contribution in [3.05, 3.63) is 224 Å². The second-order valence-corrected chi connectivity index (χ2v) is 16.5. The molecule has 0 spiro atoms. The van der Waals surface area contributed by atoms with Gasteiger partial charge in [-0.15, -0.1) is 0 Å². The van der Waals surface area contributed by atoms with Gasteiger partial charge in [0, 0.05) is 12.6 Å². The van der Waals surface area contributed by atoms with E-state index >= 15 is 0 Å². The van der Waals surface area contributed by atoms with Crippen molar-refractivity contribution in [3.63, 3.8) is 0 Å².